The van der Waals surface area contributed by atoms with Crippen LogP contribution in [0.3, 0.4) is 0 Å². The molecular weight excluding hydrogens is 344 g/mol. The summed E-state index contributed by atoms with van der Waals surface area (Å²) in [4.78, 5) is 26.6. The van der Waals surface area contributed by atoms with Gasteiger partial charge in [-0.15, -0.1) is 23.5 Å². The van der Waals surface area contributed by atoms with Gasteiger partial charge in [-0.25, -0.2) is 0 Å². The van der Waals surface area contributed by atoms with Crippen molar-refractivity contribution in [3.8, 4) is 0 Å². The Hall–Kier alpha value is -1.08. The molecule has 130 valence electrons. The van der Waals surface area contributed by atoms with Crippen LogP contribution < -0.4 is 0 Å². The third-order valence-corrected chi connectivity index (χ3v) is 6.10. The number of carbonyl (C=O) groups is 2. The summed E-state index contributed by atoms with van der Waals surface area (Å²) in [6.45, 7) is 0.274. The van der Waals surface area contributed by atoms with Gasteiger partial charge in [-0.05, 0) is 37.2 Å². The Morgan fingerprint density at radius 2 is 1.12 bits per heavy atom. The molecule has 0 bridgehead atoms. The van der Waals surface area contributed by atoms with Crippen molar-refractivity contribution >= 4 is 35.1 Å². The maximum atomic E-state index is 12.8. The summed E-state index contributed by atoms with van der Waals surface area (Å²) in [6, 6.07) is 6.96. The van der Waals surface area contributed by atoms with Crippen molar-refractivity contribution in [3.05, 3.63) is 45.2 Å². The summed E-state index contributed by atoms with van der Waals surface area (Å²) in [5, 5.41) is 17.8. The number of thioether (sulfide) groups is 2. The molecule has 1 aromatic carbocycles. The quantitative estimate of drug-likeness (QED) is 0.619. The van der Waals surface area contributed by atoms with Crippen LogP contribution in [0.5, 0.6) is 0 Å². The van der Waals surface area contributed by atoms with E-state index in [9.17, 15) is 9.59 Å². The Morgan fingerprint density at radius 3 is 1.50 bits per heavy atom. The second kappa shape index (κ2) is 10.0. The van der Waals surface area contributed by atoms with Crippen molar-refractivity contribution in [2.24, 2.45) is 0 Å². The van der Waals surface area contributed by atoms with Crippen molar-refractivity contribution in [1.82, 2.24) is 0 Å². The van der Waals surface area contributed by atoms with Crippen LogP contribution >= 0.6 is 23.5 Å². The predicted octanol–water partition coefficient (Wildman–Crippen LogP) is 3.29. The number of benzene rings is 1. The van der Waals surface area contributed by atoms with E-state index in [4.69, 9.17) is 10.2 Å². The molecule has 0 saturated heterocycles. The molecule has 0 aliphatic heterocycles. The van der Waals surface area contributed by atoms with Gasteiger partial charge in [0, 0.05) is 24.3 Å². The third kappa shape index (κ3) is 4.72. The molecule has 1 aliphatic carbocycles. The number of aliphatic hydroxyl groups is 2. The van der Waals surface area contributed by atoms with Gasteiger partial charge in [-0.3, -0.25) is 9.59 Å². The van der Waals surface area contributed by atoms with Crippen molar-refractivity contribution in [2.75, 3.05) is 24.7 Å². The van der Waals surface area contributed by atoms with Gasteiger partial charge in [-0.2, -0.15) is 0 Å². The highest BCUT2D eigenvalue weighted by Gasteiger charge is 2.32. The number of aliphatic hydroxyl groups excluding tert-OH is 2. The first kappa shape index (κ1) is 19.2. The van der Waals surface area contributed by atoms with E-state index in [-0.39, 0.29) is 24.8 Å². The molecule has 0 radical (unpaired) electrons. The molecule has 0 aromatic heterocycles. The van der Waals surface area contributed by atoms with E-state index < -0.39 is 0 Å². The number of allylic oxidation sites excluding steroid dienone is 2. The van der Waals surface area contributed by atoms with E-state index in [0.717, 1.165) is 12.8 Å². The molecule has 2 N–H and O–H groups in total. The minimum absolute atomic E-state index is 0.0798. The van der Waals surface area contributed by atoms with E-state index >= 15 is 0 Å². The molecule has 0 unspecified atom stereocenters. The van der Waals surface area contributed by atoms with Gasteiger partial charge in [0.2, 0.25) is 11.6 Å². The van der Waals surface area contributed by atoms with E-state index in [0.29, 0.717) is 45.3 Å². The maximum Gasteiger partial charge on any atom is 0.201 e. The largest absolute Gasteiger partial charge is 0.396 e. The number of carbonyl (C=O) groups excluding carboxylic acids is 2. The van der Waals surface area contributed by atoms with Crippen molar-refractivity contribution in [3.63, 3.8) is 0 Å². The zero-order valence-corrected chi connectivity index (χ0v) is 15.1. The number of hydrogen-bond acceptors (Lipinski definition) is 6. The topological polar surface area (TPSA) is 74.6 Å². The van der Waals surface area contributed by atoms with Crippen LogP contribution in [0.2, 0.25) is 0 Å². The monoisotopic (exact) mass is 366 g/mol. The van der Waals surface area contributed by atoms with E-state index in [2.05, 4.69) is 0 Å². The number of fused-ring (bicyclic) bond motifs is 1. The van der Waals surface area contributed by atoms with Crippen LogP contribution in [0.4, 0.5) is 0 Å². The average Bonchev–Trinajstić information content (AvgIpc) is 2.61. The molecule has 0 saturated carbocycles. The highest BCUT2D eigenvalue weighted by Crippen LogP contribution is 2.38. The summed E-state index contributed by atoms with van der Waals surface area (Å²) >= 11 is 2.83. The molecule has 1 aromatic rings. The number of ketones is 2. The third-order valence-electron chi connectivity index (χ3n) is 3.63. The minimum atomic E-state index is -0.0798. The fourth-order valence-electron chi connectivity index (χ4n) is 2.37. The molecule has 4 nitrogen and oxygen atoms in total. The highest BCUT2D eigenvalue weighted by atomic mass is 32.2. The summed E-state index contributed by atoms with van der Waals surface area (Å²) in [5.74, 6) is 1.25. The van der Waals surface area contributed by atoms with Crippen molar-refractivity contribution < 1.29 is 19.8 Å². The standard InChI is InChI=1S/C18H22O4S2/c19-9-3-5-11-23-17-15(21)13-7-1-2-8-14(13)16(22)18(17)24-12-6-4-10-20/h1-2,7-8,19-20H,3-6,9-12H2. The number of rotatable bonds is 10. The second-order valence-electron chi connectivity index (χ2n) is 5.42. The second-order valence-corrected chi connectivity index (χ2v) is 7.63. The van der Waals surface area contributed by atoms with Gasteiger partial charge < -0.3 is 10.2 Å². The number of hydrogen-bond donors (Lipinski definition) is 2. The molecular formula is C18H22O4S2. The zero-order chi connectivity index (χ0) is 17.4. The molecule has 0 fully saturated rings. The Labute approximate surface area is 150 Å². The van der Waals surface area contributed by atoms with Crippen LogP contribution in [0.1, 0.15) is 46.4 Å². The highest BCUT2D eigenvalue weighted by molar-refractivity contribution is 8.08. The zero-order valence-electron chi connectivity index (χ0n) is 13.5. The lowest BCUT2D eigenvalue weighted by molar-refractivity contribution is 0.0988. The van der Waals surface area contributed by atoms with Crippen molar-refractivity contribution in [1.29, 1.82) is 0 Å². The van der Waals surface area contributed by atoms with Crippen LogP contribution in [0.25, 0.3) is 0 Å². The van der Waals surface area contributed by atoms with Gasteiger partial charge in [0.15, 0.2) is 0 Å². The molecule has 24 heavy (non-hydrogen) atoms. The Bertz CT molecular complexity index is 572. The maximum absolute atomic E-state index is 12.8. The summed E-state index contributed by atoms with van der Waals surface area (Å²) < 4.78 is 0. The van der Waals surface area contributed by atoms with Gasteiger partial charge in [0.05, 0.1) is 9.81 Å². The average molecular weight is 367 g/mol. The first-order valence-electron chi connectivity index (χ1n) is 8.10. The molecule has 0 amide bonds. The lowest BCUT2D eigenvalue weighted by Gasteiger charge is -2.20. The molecule has 6 heteroatoms. The van der Waals surface area contributed by atoms with E-state index in [1.54, 1.807) is 24.3 Å². The Balaban J connectivity index is 2.21. The van der Waals surface area contributed by atoms with Crippen LogP contribution in [-0.2, 0) is 0 Å². The predicted molar refractivity (Wildman–Crippen MR) is 99.7 cm³/mol. The SMILES string of the molecule is O=C1C(SCCCCO)=C(SCCCCO)C(=O)c2ccccc21. The van der Waals surface area contributed by atoms with Crippen LogP contribution in [-0.4, -0.2) is 46.5 Å². The lowest BCUT2D eigenvalue weighted by Crippen LogP contribution is -2.20. The van der Waals surface area contributed by atoms with E-state index in [1.807, 2.05) is 0 Å². The molecule has 0 atom stereocenters. The summed E-state index contributed by atoms with van der Waals surface area (Å²) in [5.41, 5.74) is 0.957. The van der Waals surface area contributed by atoms with Crippen molar-refractivity contribution in [2.45, 2.75) is 25.7 Å². The van der Waals surface area contributed by atoms with Crippen LogP contribution in [0, 0.1) is 0 Å². The first-order valence-corrected chi connectivity index (χ1v) is 10.1. The normalized spacial score (nSPS) is 14.2. The van der Waals surface area contributed by atoms with Gasteiger partial charge in [-0.1, -0.05) is 24.3 Å². The fourth-order valence-corrected chi connectivity index (χ4v) is 4.76. The number of Topliss-reactive ketones (excluding diaryl/α,β-unsaturated/α-hetero) is 2. The molecule has 0 heterocycles. The summed E-state index contributed by atoms with van der Waals surface area (Å²) in [6.07, 6.45) is 2.99. The Morgan fingerprint density at radius 1 is 0.708 bits per heavy atom. The van der Waals surface area contributed by atoms with Gasteiger partial charge >= 0.3 is 0 Å². The minimum Gasteiger partial charge on any atom is -0.396 e. The smallest absolute Gasteiger partial charge is 0.201 e. The van der Waals surface area contributed by atoms with Gasteiger partial charge in [0.25, 0.3) is 0 Å². The molecule has 0 spiro atoms. The molecule has 2 rings (SSSR count). The van der Waals surface area contributed by atoms with E-state index in [1.165, 1.54) is 23.5 Å². The summed E-state index contributed by atoms with van der Waals surface area (Å²) in [7, 11) is 0. The molecule has 1 aliphatic rings. The fraction of sp³-hybridized carbons (Fsp3) is 0.444. The Kier molecular flexibility index (Phi) is 8.05. The first-order chi connectivity index (χ1) is 11.7. The van der Waals surface area contributed by atoms with Crippen LogP contribution in [0.15, 0.2) is 34.1 Å². The number of unbranched alkanes of at least 4 members (excludes halogenated alkanes) is 2. The van der Waals surface area contributed by atoms with Gasteiger partial charge in [0.1, 0.15) is 0 Å². The lowest BCUT2D eigenvalue weighted by atomic mass is 9.94.